The van der Waals surface area contributed by atoms with Gasteiger partial charge in [0.25, 0.3) is 0 Å². The second-order valence-electron chi connectivity index (χ2n) is 8.26. The third-order valence-corrected chi connectivity index (χ3v) is 6.61. The van der Waals surface area contributed by atoms with E-state index in [0.717, 1.165) is 16.7 Å². The molecule has 5 rings (SSSR count). The number of aryl methyl sites for hydroxylation is 1. The highest BCUT2D eigenvalue weighted by molar-refractivity contribution is 6.19. The Bertz CT molecular complexity index is 1480. The minimum atomic E-state index is 0.730. The molecule has 0 fully saturated rings. The van der Waals surface area contributed by atoms with Crippen LogP contribution in [0.4, 0.5) is 0 Å². The van der Waals surface area contributed by atoms with E-state index in [1.807, 2.05) is 25.1 Å². The number of allylic oxidation sites excluding steroid dienone is 2. The zero-order valence-electron chi connectivity index (χ0n) is 18.1. The summed E-state index contributed by atoms with van der Waals surface area (Å²) in [4.78, 5) is 0. The number of benzene rings is 4. The third kappa shape index (κ3) is 2.76. The molecule has 0 unspecified atom stereocenters. The number of hydrogen-bond donors (Lipinski definition) is 0. The number of nitrogens with zero attached hydrogens (tertiary/aromatic N) is 1. The number of fused-ring (bicyclic) bond motifs is 3. The lowest BCUT2D eigenvalue weighted by Gasteiger charge is -2.13. The molecule has 0 saturated carbocycles. The Morgan fingerprint density at radius 2 is 1.65 bits per heavy atom. The Morgan fingerprint density at radius 3 is 2.39 bits per heavy atom. The van der Waals surface area contributed by atoms with E-state index in [4.69, 9.17) is 0 Å². The smallest absolute Gasteiger partial charge is 0.0994 e. The predicted molar refractivity (Wildman–Crippen MR) is 132 cm³/mol. The van der Waals surface area contributed by atoms with Crippen molar-refractivity contribution in [2.75, 3.05) is 0 Å². The van der Waals surface area contributed by atoms with Crippen molar-refractivity contribution in [2.45, 2.75) is 20.8 Å². The Kier molecular flexibility index (Phi) is 4.38. The maximum Gasteiger partial charge on any atom is 0.0994 e. The van der Waals surface area contributed by atoms with Crippen molar-refractivity contribution in [3.8, 4) is 39.4 Å². The van der Waals surface area contributed by atoms with Crippen molar-refractivity contribution in [1.82, 2.24) is 0 Å². The lowest BCUT2D eigenvalue weighted by atomic mass is 9.91. The highest BCUT2D eigenvalue weighted by Gasteiger charge is 2.25. The van der Waals surface area contributed by atoms with Gasteiger partial charge in [-0.25, -0.2) is 0 Å². The van der Waals surface area contributed by atoms with E-state index >= 15 is 0 Å². The molecule has 0 radical (unpaired) electrons. The molecule has 1 aliphatic rings. The van der Waals surface area contributed by atoms with Crippen LogP contribution < -0.4 is 0 Å². The molecule has 0 bridgehead atoms. The highest BCUT2D eigenvalue weighted by Crippen LogP contribution is 2.51. The zero-order valence-corrected chi connectivity index (χ0v) is 18.1. The van der Waals surface area contributed by atoms with Gasteiger partial charge in [0.05, 0.1) is 11.6 Å². The monoisotopic (exact) mass is 397 g/mol. The van der Waals surface area contributed by atoms with Crippen LogP contribution in [0.3, 0.4) is 0 Å². The van der Waals surface area contributed by atoms with Gasteiger partial charge in [-0.05, 0) is 99.3 Å². The topological polar surface area (TPSA) is 23.8 Å². The molecule has 0 aliphatic heterocycles. The van der Waals surface area contributed by atoms with Crippen LogP contribution >= 0.6 is 0 Å². The normalized spacial score (nSPS) is 11.7. The molecule has 4 aromatic carbocycles. The predicted octanol–water partition coefficient (Wildman–Crippen LogP) is 8.15. The molecule has 0 heterocycles. The highest BCUT2D eigenvalue weighted by atomic mass is 14.3. The summed E-state index contributed by atoms with van der Waals surface area (Å²) in [5.41, 5.74) is 13.3. The summed E-state index contributed by atoms with van der Waals surface area (Å²) in [5, 5.41) is 11.9. The fraction of sp³-hybridized carbons (Fsp3) is 0.100. The second-order valence-corrected chi connectivity index (χ2v) is 8.26. The van der Waals surface area contributed by atoms with Gasteiger partial charge in [0.15, 0.2) is 0 Å². The first kappa shape index (κ1) is 19.1. The van der Waals surface area contributed by atoms with Gasteiger partial charge in [0.1, 0.15) is 0 Å². The number of rotatable bonds is 3. The van der Waals surface area contributed by atoms with Crippen LogP contribution in [0.5, 0.6) is 0 Å². The molecular weight excluding hydrogens is 374 g/mol. The minimum Gasteiger partial charge on any atom is -0.192 e. The van der Waals surface area contributed by atoms with Gasteiger partial charge >= 0.3 is 0 Å². The van der Waals surface area contributed by atoms with Crippen molar-refractivity contribution in [3.63, 3.8) is 0 Å². The summed E-state index contributed by atoms with van der Waals surface area (Å²) >= 11 is 0. The molecule has 0 spiro atoms. The maximum atomic E-state index is 9.30. The fourth-order valence-corrected chi connectivity index (χ4v) is 4.89. The van der Waals surface area contributed by atoms with Crippen LogP contribution in [0.1, 0.15) is 27.8 Å². The van der Waals surface area contributed by atoms with Crippen LogP contribution in [0, 0.1) is 32.1 Å². The van der Waals surface area contributed by atoms with Gasteiger partial charge in [-0.3, -0.25) is 0 Å². The van der Waals surface area contributed by atoms with Crippen molar-refractivity contribution in [1.29, 1.82) is 5.26 Å². The van der Waals surface area contributed by atoms with Gasteiger partial charge in [0, 0.05) is 0 Å². The first-order chi connectivity index (χ1) is 15.0. The van der Waals surface area contributed by atoms with Crippen molar-refractivity contribution >= 4 is 16.8 Å². The molecule has 31 heavy (non-hydrogen) atoms. The summed E-state index contributed by atoms with van der Waals surface area (Å²) in [5.74, 6) is 0. The molecule has 0 N–H and O–H groups in total. The van der Waals surface area contributed by atoms with Crippen LogP contribution in [0.15, 0.2) is 73.3 Å². The lowest BCUT2D eigenvalue weighted by molar-refractivity contribution is 1.33. The summed E-state index contributed by atoms with van der Waals surface area (Å²) in [6.07, 6.45) is 5.97. The molecular formula is C30H23N. The summed E-state index contributed by atoms with van der Waals surface area (Å²) in [6.45, 7) is 10.2. The van der Waals surface area contributed by atoms with E-state index < -0.39 is 0 Å². The SMILES string of the molecule is C=C/C=C\c1cc2c(c(C)c1C)-c1cccc3c(-c4ccc(C#N)c(C)c4)ccc-2c13. The van der Waals surface area contributed by atoms with Crippen molar-refractivity contribution < 1.29 is 0 Å². The van der Waals surface area contributed by atoms with Crippen LogP contribution in [-0.2, 0) is 0 Å². The molecule has 4 aromatic rings. The average Bonchev–Trinajstić information content (AvgIpc) is 3.10. The average molecular weight is 398 g/mol. The fourth-order valence-electron chi connectivity index (χ4n) is 4.89. The molecule has 1 heteroatoms. The second kappa shape index (κ2) is 7.11. The van der Waals surface area contributed by atoms with E-state index in [1.54, 1.807) is 0 Å². The van der Waals surface area contributed by atoms with Crippen molar-refractivity contribution in [3.05, 3.63) is 101 Å². The molecule has 0 aromatic heterocycles. The Hall–Kier alpha value is -3.89. The van der Waals surface area contributed by atoms with Gasteiger partial charge in [-0.15, -0.1) is 0 Å². The maximum absolute atomic E-state index is 9.30. The molecule has 148 valence electrons. The molecule has 0 amide bonds. The van der Waals surface area contributed by atoms with Crippen LogP contribution in [0.2, 0.25) is 0 Å². The van der Waals surface area contributed by atoms with Gasteiger partial charge in [-0.1, -0.05) is 67.3 Å². The van der Waals surface area contributed by atoms with Gasteiger partial charge in [0.2, 0.25) is 0 Å². The molecule has 0 saturated heterocycles. The Morgan fingerprint density at radius 1 is 0.839 bits per heavy atom. The van der Waals surface area contributed by atoms with Gasteiger partial charge in [-0.2, -0.15) is 5.26 Å². The summed E-state index contributed by atoms with van der Waals surface area (Å²) in [7, 11) is 0. The van der Waals surface area contributed by atoms with Gasteiger partial charge < -0.3 is 0 Å². The standard InChI is InChI=1S/C30H23N/c1-5-6-8-21-16-28-26-14-13-24(22-11-12-23(17-31)18(2)15-22)25-9-7-10-27(30(25)26)29(28)20(4)19(21)3/h5-16H,1H2,2-4H3/b8-6-. The third-order valence-electron chi connectivity index (χ3n) is 6.61. The van der Waals surface area contributed by atoms with Crippen LogP contribution in [-0.4, -0.2) is 0 Å². The zero-order chi connectivity index (χ0) is 21.7. The van der Waals surface area contributed by atoms with E-state index in [0.29, 0.717) is 0 Å². The summed E-state index contributed by atoms with van der Waals surface area (Å²) in [6, 6.07) is 21.8. The Balaban J connectivity index is 1.80. The largest absolute Gasteiger partial charge is 0.192 e. The van der Waals surface area contributed by atoms with E-state index in [-0.39, 0.29) is 0 Å². The molecule has 0 atom stereocenters. The number of hydrogen-bond acceptors (Lipinski definition) is 1. The minimum absolute atomic E-state index is 0.730. The van der Waals surface area contributed by atoms with E-state index in [9.17, 15) is 5.26 Å². The number of nitriles is 1. The first-order valence-electron chi connectivity index (χ1n) is 10.6. The van der Waals surface area contributed by atoms with E-state index in [1.165, 1.54) is 55.3 Å². The van der Waals surface area contributed by atoms with Crippen molar-refractivity contribution in [2.24, 2.45) is 0 Å². The Labute approximate surface area is 183 Å². The molecule has 1 aliphatic carbocycles. The van der Waals surface area contributed by atoms with E-state index in [2.05, 4.69) is 81.1 Å². The van der Waals surface area contributed by atoms with Crippen LogP contribution in [0.25, 0.3) is 50.2 Å². The quantitative estimate of drug-likeness (QED) is 0.282. The lowest BCUT2D eigenvalue weighted by Crippen LogP contribution is -1.91. The first-order valence-corrected chi connectivity index (χ1v) is 10.6. The summed E-state index contributed by atoms with van der Waals surface area (Å²) < 4.78 is 0. The molecule has 1 nitrogen and oxygen atoms in total.